The summed E-state index contributed by atoms with van der Waals surface area (Å²) in [6.45, 7) is 5.72. The predicted octanol–water partition coefficient (Wildman–Crippen LogP) is 2.50. The molecule has 1 fully saturated rings. The zero-order valence-electron chi connectivity index (χ0n) is 20.4. The molecule has 0 aromatic carbocycles. The van der Waals surface area contributed by atoms with Crippen molar-refractivity contribution in [1.82, 2.24) is 39.4 Å². The maximum Gasteiger partial charge on any atom is 0.229 e. The Labute approximate surface area is 203 Å². The molecule has 5 rings (SSSR count). The van der Waals surface area contributed by atoms with Crippen LogP contribution in [-0.2, 0) is 14.1 Å². The molecule has 4 aromatic rings. The number of aliphatic hydroxyl groups is 1. The highest BCUT2D eigenvalue weighted by Gasteiger charge is 2.22. The number of nitrogens with zero attached hydrogens (tertiary/aromatic N) is 8. The van der Waals surface area contributed by atoms with Gasteiger partial charge in [0.1, 0.15) is 6.23 Å². The lowest BCUT2D eigenvalue weighted by atomic mass is 10.2. The van der Waals surface area contributed by atoms with Gasteiger partial charge in [-0.25, -0.2) is 9.67 Å². The Morgan fingerprint density at radius 2 is 2.00 bits per heavy atom. The molecule has 184 valence electrons. The molecular formula is C23H31N11O. The van der Waals surface area contributed by atoms with E-state index in [9.17, 15) is 5.11 Å². The van der Waals surface area contributed by atoms with Crippen LogP contribution in [0.3, 0.4) is 0 Å². The van der Waals surface area contributed by atoms with Crippen molar-refractivity contribution < 1.29 is 5.11 Å². The van der Waals surface area contributed by atoms with Crippen LogP contribution in [0.25, 0.3) is 11.0 Å². The normalized spacial score (nSPS) is 17.1. The number of nitrogens with one attached hydrogen (secondary N) is 3. The predicted molar refractivity (Wildman–Crippen MR) is 135 cm³/mol. The summed E-state index contributed by atoms with van der Waals surface area (Å²) >= 11 is 0. The number of pyridine rings is 1. The molecule has 0 aliphatic carbocycles. The highest BCUT2D eigenvalue weighted by atomic mass is 16.3. The lowest BCUT2D eigenvalue weighted by molar-refractivity contribution is 0.129. The van der Waals surface area contributed by atoms with Crippen LogP contribution in [0.2, 0.25) is 0 Å². The van der Waals surface area contributed by atoms with Crippen molar-refractivity contribution >= 4 is 39.9 Å². The molecule has 5 heterocycles. The van der Waals surface area contributed by atoms with Gasteiger partial charge in [-0.3, -0.25) is 14.6 Å². The van der Waals surface area contributed by atoms with E-state index in [0.717, 1.165) is 34.7 Å². The minimum atomic E-state index is -0.678. The smallest absolute Gasteiger partial charge is 0.229 e. The fourth-order valence-electron chi connectivity index (χ4n) is 4.40. The van der Waals surface area contributed by atoms with Crippen molar-refractivity contribution in [2.24, 2.45) is 14.1 Å². The Hall–Kier alpha value is -3.77. The lowest BCUT2D eigenvalue weighted by Crippen LogP contribution is -2.38. The molecule has 1 aliphatic rings. The number of fused-ring (bicyclic) bond motifs is 1. The van der Waals surface area contributed by atoms with Crippen molar-refractivity contribution in [3.8, 4) is 0 Å². The van der Waals surface area contributed by atoms with E-state index < -0.39 is 6.23 Å². The number of hydrogen-bond donors (Lipinski definition) is 4. The second-order valence-corrected chi connectivity index (χ2v) is 9.06. The summed E-state index contributed by atoms with van der Waals surface area (Å²) in [5.74, 6) is 1.09. The molecule has 0 amide bonds. The standard InChI is InChI=1S/C23H31N11O/c1-14-6-5-7-34(14)13-20(35)27-16-8-19(15(2)24-9-16)29-21-18-11-25-23(30-22(18)33(4)31-21)28-17-10-26-32(3)12-17/h8-12,14,20,27,35H,5-7,13H2,1-4H3,(H,29,31)(H,25,28,30)/t14-,20?/m0/s1. The van der Waals surface area contributed by atoms with E-state index in [1.165, 1.54) is 12.8 Å². The fourth-order valence-corrected chi connectivity index (χ4v) is 4.40. The Morgan fingerprint density at radius 3 is 2.74 bits per heavy atom. The first kappa shape index (κ1) is 23.0. The molecule has 35 heavy (non-hydrogen) atoms. The SMILES string of the molecule is Cc1ncc(NC(O)CN2CCC[C@@H]2C)cc1Nc1nn(C)c2nc(Nc3cnn(C)c3)ncc12. The number of β-amino-alcohol motifs (C(OH)–C–C–N with tert-alkyl or cyclic N) is 1. The van der Waals surface area contributed by atoms with Gasteiger partial charge in [-0.2, -0.15) is 15.2 Å². The molecule has 4 aromatic heterocycles. The van der Waals surface area contributed by atoms with Crippen molar-refractivity contribution in [1.29, 1.82) is 0 Å². The van der Waals surface area contributed by atoms with Gasteiger partial charge in [0.2, 0.25) is 5.95 Å². The van der Waals surface area contributed by atoms with E-state index >= 15 is 0 Å². The van der Waals surface area contributed by atoms with Crippen molar-refractivity contribution in [2.45, 2.75) is 39.0 Å². The number of hydrogen-bond acceptors (Lipinski definition) is 10. The highest BCUT2D eigenvalue weighted by molar-refractivity contribution is 5.90. The second-order valence-electron chi connectivity index (χ2n) is 9.06. The molecule has 0 bridgehead atoms. The van der Waals surface area contributed by atoms with Gasteiger partial charge in [-0.1, -0.05) is 0 Å². The van der Waals surface area contributed by atoms with E-state index in [2.05, 4.69) is 52.9 Å². The zero-order valence-corrected chi connectivity index (χ0v) is 20.4. The number of rotatable bonds is 8. The van der Waals surface area contributed by atoms with Gasteiger partial charge in [0.15, 0.2) is 11.5 Å². The van der Waals surface area contributed by atoms with Crippen molar-refractivity contribution in [2.75, 3.05) is 29.0 Å². The van der Waals surface area contributed by atoms with Gasteiger partial charge in [0.25, 0.3) is 0 Å². The van der Waals surface area contributed by atoms with Crippen LogP contribution in [0.1, 0.15) is 25.5 Å². The molecule has 2 atom stereocenters. The minimum Gasteiger partial charge on any atom is -0.372 e. The quantitative estimate of drug-likeness (QED) is 0.280. The molecule has 0 radical (unpaired) electrons. The largest absolute Gasteiger partial charge is 0.372 e. The van der Waals surface area contributed by atoms with Gasteiger partial charge in [-0.05, 0) is 39.3 Å². The van der Waals surface area contributed by atoms with Gasteiger partial charge in [-0.15, -0.1) is 0 Å². The van der Waals surface area contributed by atoms with Crippen LogP contribution < -0.4 is 16.0 Å². The molecule has 0 saturated carbocycles. The number of aryl methyl sites for hydroxylation is 3. The third kappa shape index (κ3) is 5.03. The average molecular weight is 478 g/mol. The van der Waals surface area contributed by atoms with Crippen LogP contribution in [0.15, 0.2) is 30.9 Å². The summed E-state index contributed by atoms with van der Waals surface area (Å²) in [4.78, 5) is 15.8. The van der Waals surface area contributed by atoms with Gasteiger partial charge in [0.05, 0.1) is 40.5 Å². The van der Waals surface area contributed by atoms with E-state index in [4.69, 9.17) is 0 Å². The molecule has 12 heteroatoms. The second kappa shape index (κ2) is 9.47. The van der Waals surface area contributed by atoms with Crippen LogP contribution >= 0.6 is 0 Å². The maximum absolute atomic E-state index is 10.6. The maximum atomic E-state index is 10.6. The van der Waals surface area contributed by atoms with E-state index in [1.54, 1.807) is 28.0 Å². The molecule has 4 N–H and O–H groups in total. The first-order chi connectivity index (χ1) is 16.9. The number of aliphatic hydroxyl groups excluding tert-OH is 1. The van der Waals surface area contributed by atoms with Crippen LogP contribution in [0.5, 0.6) is 0 Å². The first-order valence-corrected chi connectivity index (χ1v) is 11.7. The van der Waals surface area contributed by atoms with E-state index in [0.29, 0.717) is 30.0 Å². The highest BCUT2D eigenvalue weighted by Crippen LogP contribution is 2.28. The zero-order chi connectivity index (χ0) is 24.5. The summed E-state index contributed by atoms with van der Waals surface area (Å²) in [5, 5.41) is 29.8. The van der Waals surface area contributed by atoms with Crippen LogP contribution in [-0.4, -0.2) is 69.9 Å². The summed E-state index contributed by atoms with van der Waals surface area (Å²) < 4.78 is 3.41. The summed E-state index contributed by atoms with van der Waals surface area (Å²) in [6.07, 6.45) is 8.71. The summed E-state index contributed by atoms with van der Waals surface area (Å²) in [5.41, 5.74) is 3.82. The molecule has 12 nitrogen and oxygen atoms in total. The van der Waals surface area contributed by atoms with Crippen molar-refractivity contribution in [3.63, 3.8) is 0 Å². The van der Waals surface area contributed by atoms with E-state index in [1.807, 2.05) is 33.3 Å². The minimum absolute atomic E-state index is 0.463. The van der Waals surface area contributed by atoms with Crippen molar-refractivity contribution in [3.05, 3.63) is 36.5 Å². The van der Waals surface area contributed by atoms with Gasteiger partial charge >= 0.3 is 0 Å². The van der Waals surface area contributed by atoms with Gasteiger partial charge < -0.3 is 21.1 Å². The molecule has 1 aliphatic heterocycles. The lowest BCUT2D eigenvalue weighted by Gasteiger charge is -2.25. The third-order valence-electron chi connectivity index (χ3n) is 6.31. The first-order valence-electron chi connectivity index (χ1n) is 11.7. The number of aromatic nitrogens is 7. The molecular weight excluding hydrogens is 446 g/mol. The van der Waals surface area contributed by atoms with Crippen LogP contribution in [0, 0.1) is 6.92 Å². The summed E-state index contributed by atoms with van der Waals surface area (Å²) in [6, 6.07) is 2.43. The number of anilines is 5. The van der Waals surface area contributed by atoms with Crippen LogP contribution in [0.4, 0.5) is 28.8 Å². The Bertz CT molecular complexity index is 1330. The molecule has 0 spiro atoms. The van der Waals surface area contributed by atoms with E-state index in [-0.39, 0.29) is 0 Å². The van der Waals surface area contributed by atoms with Gasteiger partial charge in [0, 0.05) is 39.1 Å². The Balaban J connectivity index is 1.32. The number of likely N-dealkylation sites (tertiary alicyclic amines) is 1. The molecule has 1 unspecified atom stereocenters. The fraction of sp³-hybridized carbons (Fsp3) is 0.435. The summed E-state index contributed by atoms with van der Waals surface area (Å²) in [7, 11) is 3.69. The molecule has 1 saturated heterocycles. The average Bonchev–Trinajstić information content (AvgIpc) is 3.50. The monoisotopic (exact) mass is 477 g/mol. The Kier molecular flexibility index (Phi) is 6.22. The third-order valence-corrected chi connectivity index (χ3v) is 6.31. The topological polar surface area (TPSA) is 134 Å². The Morgan fingerprint density at radius 1 is 1.14 bits per heavy atom.